The van der Waals surface area contributed by atoms with Gasteiger partial charge < -0.3 is 24.8 Å². The lowest BCUT2D eigenvalue weighted by molar-refractivity contribution is -0.001000. The molecule has 34 heavy (non-hydrogen) atoms. The zero-order valence-electron chi connectivity index (χ0n) is 20.6. The molecule has 0 unspecified atom stereocenters. The molecule has 0 aliphatic rings. The number of nitrogens with zero attached hydrogens (tertiary/aromatic N) is 2. The first-order valence-corrected chi connectivity index (χ1v) is 11.2. The highest BCUT2D eigenvalue weighted by atomic mass is 35.5. The van der Waals surface area contributed by atoms with Gasteiger partial charge in [-0.05, 0) is 24.3 Å². The third kappa shape index (κ3) is 8.96. The number of halogens is 2. The topological polar surface area (TPSA) is 0 Å². The molecule has 0 radical (unpaired) electrons. The molecule has 0 aromatic heterocycles. The summed E-state index contributed by atoms with van der Waals surface area (Å²) in [6.45, 7) is 2.04. The van der Waals surface area contributed by atoms with E-state index in [-0.39, 0.29) is 24.8 Å². The van der Waals surface area contributed by atoms with E-state index in [0.29, 0.717) is 0 Å². The van der Waals surface area contributed by atoms with Crippen molar-refractivity contribution >= 4 is 11.4 Å². The maximum atomic E-state index is 2.24. The minimum Gasteiger partial charge on any atom is -1.00 e. The van der Waals surface area contributed by atoms with E-state index in [1.165, 1.54) is 22.5 Å². The van der Waals surface area contributed by atoms with Crippen molar-refractivity contribution in [2.75, 3.05) is 28.2 Å². The fraction of sp³-hybridized carbons (Fsp3) is 0.200. The van der Waals surface area contributed by atoms with Crippen molar-refractivity contribution in [2.24, 2.45) is 0 Å². The van der Waals surface area contributed by atoms with E-state index in [1.54, 1.807) is 0 Å². The van der Waals surface area contributed by atoms with Gasteiger partial charge in [-0.3, -0.25) is 8.97 Å². The van der Waals surface area contributed by atoms with Crippen molar-refractivity contribution in [3.8, 4) is 0 Å². The number of hydrogen-bond donors (Lipinski definition) is 0. The molecule has 0 N–H and O–H groups in total. The Bertz CT molecular complexity index is 963. The van der Waals surface area contributed by atoms with Crippen LogP contribution in [0, 0.1) is 0 Å². The quantitative estimate of drug-likeness (QED) is 0.349. The molecule has 4 rings (SSSR count). The van der Waals surface area contributed by atoms with Crippen LogP contribution in [0.2, 0.25) is 0 Å². The highest BCUT2D eigenvalue weighted by molar-refractivity contribution is 5.42. The molecule has 4 aromatic rings. The van der Waals surface area contributed by atoms with Crippen molar-refractivity contribution in [1.29, 1.82) is 0 Å². The van der Waals surface area contributed by atoms with E-state index in [4.69, 9.17) is 0 Å². The van der Waals surface area contributed by atoms with E-state index in [2.05, 4.69) is 150 Å². The predicted octanol–water partition coefficient (Wildman–Crippen LogP) is 0.915. The van der Waals surface area contributed by atoms with Gasteiger partial charge in [-0.1, -0.05) is 97.1 Å². The summed E-state index contributed by atoms with van der Waals surface area (Å²) in [4.78, 5) is 0. The fourth-order valence-electron chi connectivity index (χ4n) is 3.93. The Morgan fingerprint density at radius 3 is 0.882 bits per heavy atom. The molecular weight excluding hydrogens is 459 g/mol. The summed E-state index contributed by atoms with van der Waals surface area (Å²) in [5.74, 6) is 0. The molecule has 0 saturated heterocycles. The SMILES string of the molecule is C[N+](C)(Cc1ccccc1)c1ccccc1.C[N+](C)(Cc1ccccc1)c1ccccc1.[Cl-].[Cl-]. The van der Waals surface area contributed by atoms with E-state index in [0.717, 1.165) is 22.1 Å². The normalized spacial score (nSPS) is 10.7. The van der Waals surface area contributed by atoms with Crippen molar-refractivity contribution in [3.63, 3.8) is 0 Å². The Morgan fingerprint density at radius 2 is 0.618 bits per heavy atom. The number of rotatable bonds is 6. The standard InChI is InChI=1S/2C15H18N.2ClH/c2*1-16(2,15-11-7-4-8-12-15)13-14-9-5-3-6-10-14;;/h2*3-12H,13H2,1-2H3;2*1H/q2*+1;;/p-2. The molecule has 0 amide bonds. The maximum absolute atomic E-state index is 2.24. The minimum atomic E-state index is 0. The number of benzene rings is 4. The first kappa shape index (κ1) is 29.4. The predicted molar refractivity (Wildman–Crippen MR) is 140 cm³/mol. The lowest BCUT2D eigenvalue weighted by atomic mass is 10.2. The Balaban J connectivity index is 0.000000321. The van der Waals surface area contributed by atoms with Gasteiger partial charge in [0, 0.05) is 11.1 Å². The third-order valence-electron chi connectivity index (χ3n) is 5.75. The van der Waals surface area contributed by atoms with E-state index < -0.39 is 0 Å². The van der Waals surface area contributed by atoms with Crippen LogP contribution >= 0.6 is 0 Å². The van der Waals surface area contributed by atoms with Crippen LogP contribution in [0.1, 0.15) is 11.1 Å². The van der Waals surface area contributed by atoms with Crippen LogP contribution in [0.25, 0.3) is 0 Å². The minimum absolute atomic E-state index is 0. The van der Waals surface area contributed by atoms with Crippen molar-refractivity contribution in [2.45, 2.75) is 13.1 Å². The van der Waals surface area contributed by atoms with Crippen LogP contribution in [-0.2, 0) is 13.1 Å². The van der Waals surface area contributed by atoms with E-state index >= 15 is 0 Å². The second-order valence-corrected chi connectivity index (χ2v) is 9.33. The Kier molecular flexibility index (Phi) is 12.1. The second kappa shape index (κ2) is 13.9. The lowest BCUT2D eigenvalue weighted by Gasteiger charge is -2.29. The van der Waals surface area contributed by atoms with E-state index in [9.17, 15) is 0 Å². The molecule has 0 atom stereocenters. The van der Waals surface area contributed by atoms with Crippen LogP contribution in [0.5, 0.6) is 0 Å². The highest BCUT2D eigenvalue weighted by Gasteiger charge is 2.19. The van der Waals surface area contributed by atoms with Crippen LogP contribution < -0.4 is 33.8 Å². The Hall–Kier alpha value is -2.62. The maximum Gasteiger partial charge on any atom is 0.132 e. The van der Waals surface area contributed by atoms with E-state index in [1.807, 2.05) is 0 Å². The first-order chi connectivity index (χ1) is 15.4. The van der Waals surface area contributed by atoms with Crippen LogP contribution in [-0.4, -0.2) is 28.2 Å². The van der Waals surface area contributed by atoms with Crippen molar-refractivity contribution in [3.05, 3.63) is 132 Å². The summed E-state index contributed by atoms with van der Waals surface area (Å²) in [7, 11) is 8.95. The molecule has 180 valence electrons. The Labute approximate surface area is 218 Å². The third-order valence-corrected chi connectivity index (χ3v) is 5.75. The number of hydrogen-bond acceptors (Lipinski definition) is 0. The molecule has 4 heteroatoms. The molecule has 0 bridgehead atoms. The van der Waals surface area contributed by atoms with Crippen molar-refractivity contribution in [1.82, 2.24) is 8.97 Å². The van der Waals surface area contributed by atoms with Gasteiger partial charge >= 0.3 is 0 Å². The molecule has 0 aliphatic heterocycles. The molecule has 0 aliphatic carbocycles. The number of quaternary nitrogens is 2. The zero-order valence-corrected chi connectivity index (χ0v) is 22.1. The summed E-state index contributed by atoms with van der Waals surface area (Å²) in [6, 6.07) is 42.5. The molecule has 2 nitrogen and oxygen atoms in total. The summed E-state index contributed by atoms with van der Waals surface area (Å²) in [5.41, 5.74) is 5.42. The van der Waals surface area contributed by atoms with Gasteiger partial charge in [-0.2, -0.15) is 0 Å². The summed E-state index contributed by atoms with van der Waals surface area (Å²) in [5, 5.41) is 0. The second-order valence-electron chi connectivity index (χ2n) is 9.33. The Morgan fingerprint density at radius 1 is 0.382 bits per heavy atom. The summed E-state index contributed by atoms with van der Waals surface area (Å²) >= 11 is 0. The first-order valence-electron chi connectivity index (χ1n) is 11.2. The van der Waals surface area contributed by atoms with Crippen molar-refractivity contribution < 1.29 is 24.8 Å². The largest absolute Gasteiger partial charge is 1.00 e. The molecule has 4 aromatic carbocycles. The lowest BCUT2D eigenvalue weighted by Crippen LogP contribution is -3.00. The molecule has 0 heterocycles. The van der Waals surface area contributed by atoms with Crippen LogP contribution in [0.3, 0.4) is 0 Å². The average Bonchev–Trinajstić information content (AvgIpc) is 2.81. The summed E-state index contributed by atoms with van der Waals surface area (Å²) < 4.78 is 1.76. The highest BCUT2D eigenvalue weighted by Crippen LogP contribution is 2.22. The summed E-state index contributed by atoms with van der Waals surface area (Å²) in [6.07, 6.45) is 0. The van der Waals surface area contributed by atoms with Gasteiger partial charge in [0.15, 0.2) is 0 Å². The fourth-order valence-corrected chi connectivity index (χ4v) is 3.93. The molecule has 0 spiro atoms. The molecule has 0 fully saturated rings. The smallest absolute Gasteiger partial charge is 0.132 e. The number of para-hydroxylation sites is 2. The van der Waals surface area contributed by atoms with Gasteiger partial charge in [-0.15, -0.1) is 0 Å². The van der Waals surface area contributed by atoms with Gasteiger partial charge in [0.05, 0.1) is 28.2 Å². The van der Waals surface area contributed by atoms with Gasteiger partial charge in [0.1, 0.15) is 24.5 Å². The van der Waals surface area contributed by atoms with Crippen LogP contribution in [0.4, 0.5) is 11.4 Å². The molecular formula is C30H36Cl2N2. The monoisotopic (exact) mass is 494 g/mol. The van der Waals surface area contributed by atoms with Gasteiger partial charge in [0.25, 0.3) is 0 Å². The average molecular weight is 496 g/mol. The van der Waals surface area contributed by atoms with Gasteiger partial charge in [0.2, 0.25) is 0 Å². The zero-order chi connectivity index (χ0) is 22.9. The van der Waals surface area contributed by atoms with Gasteiger partial charge in [-0.25, -0.2) is 0 Å². The molecule has 0 saturated carbocycles. The van der Waals surface area contributed by atoms with Crippen LogP contribution in [0.15, 0.2) is 121 Å².